The van der Waals surface area contributed by atoms with E-state index < -0.39 is 0 Å². The molecule has 1 saturated heterocycles. The molecule has 1 nitrogen and oxygen atoms in total. The number of rotatable bonds is 0. The van der Waals surface area contributed by atoms with Gasteiger partial charge in [-0.2, -0.15) is 0 Å². The van der Waals surface area contributed by atoms with Crippen LogP contribution < -0.4 is 0 Å². The molecule has 1 spiro atoms. The summed E-state index contributed by atoms with van der Waals surface area (Å²) in [6.07, 6.45) is 6.44. The van der Waals surface area contributed by atoms with Crippen LogP contribution in [0.3, 0.4) is 0 Å². The summed E-state index contributed by atoms with van der Waals surface area (Å²) in [6, 6.07) is 0. The van der Waals surface area contributed by atoms with Crippen molar-refractivity contribution in [3.8, 4) is 0 Å². The van der Waals surface area contributed by atoms with E-state index in [0.717, 1.165) is 6.61 Å². The van der Waals surface area contributed by atoms with E-state index in [2.05, 4.69) is 6.92 Å². The first-order chi connectivity index (χ1) is 4.81. The van der Waals surface area contributed by atoms with Crippen LogP contribution in [-0.2, 0) is 4.74 Å². The topological polar surface area (TPSA) is 9.23 Å². The van der Waals surface area contributed by atoms with Crippen molar-refractivity contribution in [2.24, 2.45) is 0 Å². The molecule has 0 amide bonds. The van der Waals surface area contributed by atoms with Crippen molar-refractivity contribution in [2.75, 3.05) is 6.61 Å². The molecule has 1 heterocycles. The minimum Gasteiger partial charge on any atom is -0.375 e. The normalized spacial score (nSPS) is 32.1. The Labute approximate surface area is 62.8 Å². The van der Waals surface area contributed by atoms with Gasteiger partial charge >= 0.3 is 0 Å². The van der Waals surface area contributed by atoms with E-state index in [1.165, 1.54) is 32.1 Å². The quantitative estimate of drug-likeness (QED) is 0.500. The fourth-order valence-corrected chi connectivity index (χ4v) is 2.02. The molecule has 1 aliphatic heterocycles. The molecule has 2 aliphatic rings. The molecule has 0 unspecified atom stereocenters. The molecule has 1 saturated carbocycles. The van der Waals surface area contributed by atoms with E-state index in [1.807, 2.05) is 0 Å². The van der Waals surface area contributed by atoms with E-state index in [0.29, 0.717) is 5.60 Å². The summed E-state index contributed by atoms with van der Waals surface area (Å²) in [6.45, 7) is 3.24. The molecule has 0 bridgehead atoms. The predicted octanol–water partition coefficient (Wildman–Crippen LogP) is 2.31. The van der Waals surface area contributed by atoms with Crippen LogP contribution >= 0.6 is 0 Å². The molecule has 0 aromatic heterocycles. The SMILES string of the molecule is C[C]1CCOC2(CCC2)C1. The van der Waals surface area contributed by atoms with Crippen molar-refractivity contribution in [3.05, 3.63) is 5.92 Å². The van der Waals surface area contributed by atoms with Gasteiger partial charge in [-0.3, -0.25) is 0 Å². The molecule has 1 heteroatoms. The monoisotopic (exact) mass is 139 g/mol. The Hall–Kier alpha value is -0.0400. The van der Waals surface area contributed by atoms with Crippen LogP contribution in [0.15, 0.2) is 0 Å². The van der Waals surface area contributed by atoms with Gasteiger partial charge in [-0.1, -0.05) is 6.92 Å². The van der Waals surface area contributed by atoms with Crippen molar-refractivity contribution in [1.29, 1.82) is 0 Å². The first-order valence-electron chi connectivity index (χ1n) is 4.26. The van der Waals surface area contributed by atoms with Gasteiger partial charge in [0, 0.05) is 6.61 Å². The van der Waals surface area contributed by atoms with Crippen LogP contribution in [0.4, 0.5) is 0 Å². The first-order valence-corrected chi connectivity index (χ1v) is 4.26. The zero-order chi connectivity index (χ0) is 7.03. The Morgan fingerprint density at radius 3 is 2.60 bits per heavy atom. The van der Waals surface area contributed by atoms with Crippen LogP contribution in [0.5, 0.6) is 0 Å². The minimum atomic E-state index is 0.336. The highest BCUT2D eigenvalue weighted by Gasteiger charge is 2.41. The van der Waals surface area contributed by atoms with Gasteiger partial charge in [0.05, 0.1) is 5.60 Å². The molecule has 10 heavy (non-hydrogen) atoms. The maximum atomic E-state index is 5.75. The largest absolute Gasteiger partial charge is 0.375 e. The van der Waals surface area contributed by atoms with Crippen molar-refractivity contribution in [2.45, 2.75) is 44.6 Å². The summed E-state index contributed by atoms with van der Waals surface area (Å²) in [5.41, 5.74) is 0.336. The third-order valence-electron chi connectivity index (χ3n) is 2.83. The lowest BCUT2D eigenvalue weighted by molar-refractivity contribution is -0.119. The number of hydrogen-bond acceptors (Lipinski definition) is 1. The summed E-state index contributed by atoms with van der Waals surface area (Å²) < 4.78 is 5.75. The molecular weight excluding hydrogens is 124 g/mol. The molecule has 2 rings (SSSR count). The molecule has 1 aliphatic carbocycles. The van der Waals surface area contributed by atoms with Gasteiger partial charge in [0.1, 0.15) is 0 Å². The van der Waals surface area contributed by atoms with Crippen LogP contribution in [0.2, 0.25) is 0 Å². The predicted molar refractivity (Wildman–Crippen MR) is 40.7 cm³/mol. The third-order valence-corrected chi connectivity index (χ3v) is 2.83. The van der Waals surface area contributed by atoms with Gasteiger partial charge < -0.3 is 4.74 Å². The van der Waals surface area contributed by atoms with E-state index in [9.17, 15) is 0 Å². The first kappa shape index (κ1) is 6.66. The molecule has 57 valence electrons. The van der Waals surface area contributed by atoms with E-state index >= 15 is 0 Å². The Kier molecular flexibility index (Phi) is 1.48. The summed E-state index contributed by atoms with van der Waals surface area (Å²) in [4.78, 5) is 0. The van der Waals surface area contributed by atoms with E-state index in [-0.39, 0.29) is 0 Å². The molecule has 0 N–H and O–H groups in total. The molecule has 0 atom stereocenters. The van der Waals surface area contributed by atoms with Crippen molar-refractivity contribution in [3.63, 3.8) is 0 Å². The second-order valence-corrected chi connectivity index (χ2v) is 3.77. The Bertz CT molecular complexity index is 127. The van der Waals surface area contributed by atoms with Crippen molar-refractivity contribution in [1.82, 2.24) is 0 Å². The highest BCUT2D eigenvalue weighted by Crippen LogP contribution is 2.44. The lowest BCUT2D eigenvalue weighted by Crippen LogP contribution is -2.44. The third kappa shape index (κ3) is 0.968. The lowest BCUT2D eigenvalue weighted by Gasteiger charge is -2.46. The maximum Gasteiger partial charge on any atom is 0.0688 e. The van der Waals surface area contributed by atoms with E-state index in [4.69, 9.17) is 4.74 Å². The fraction of sp³-hybridized carbons (Fsp3) is 0.889. The molecule has 1 radical (unpaired) electrons. The van der Waals surface area contributed by atoms with Crippen LogP contribution in [0.1, 0.15) is 39.0 Å². The summed E-state index contributed by atoms with van der Waals surface area (Å²) in [7, 11) is 0. The molecular formula is C9H15O. The highest BCUT2D eigenvalue weighted by atomic mass is 16.5. The smallest absolute Gasteiger partial charge is 0.0688 e. The van der Waals surface area contributed by atoms with E-state index in [1.54, 1.807) is 5.92 Å². The number of hydrogen-bond donors (Lipinski definition) is 0. The van der Waals surface area contributed by atoms with Crippen molar-refractivity contribution < 1.29 is 4.74 Å². The second-order valence-electron chi connectivity index (χ2n) is 3.77. The average Bonchev–Trinajstić information content (AvgIpc) is 1.85. The molecule has 0 aromatic rings. The summed E-state index contributed by atoms with van der Waals surface area (Å²) >= 11 is 0. The van der Waals surface area contributed by atoms with Gasteiger partial charge in [0.2, 0.25) is 0 Å². The number of ether oxygens (including phenoxy) is 1. The van der Waals surface area contributed by atoms with Crippen LogP contribution in [-0.4, -0.2) is 12.2 Å². The second kappa shape index (κ2) is 2.23. The Morgan fingerprint density at radius 2 is 2.20 bits per heavy atom. The molecule has 0 aromatic carbocycles. The van der Waals surface area contributed by atoms with Crippen LogP contribution in [0.25, 0.3) is 0 Å². The van der Waals surface area contributed by atoms with Gasteiger partial charge in [-0.15, -0.1) is 0 Å². The van der Waals surface area contributed by atoms with Crippen molar-refractivity contribution >= 4 is 0 Å². The Morgan fingerprint density at radius 1 is 1.40 bits per heavy atom. The molecule has 2 fully saturated rings. The lowest BCUT2D eigenvalue weighted by atomic mass is 9.72. The highest BCUT2D eigenvalue weighted by molar-refractivity contribution is 5.02. The van der Waals surface area contributed by atoms with Gasteiger partial charge in [0.15, 0.2) is 0 Å². The van der Waals surface area contributed by atoms with Gasteiger partial charge in [-0.05, 0) is 38.0 Å². The zero-order valence-corrected chi connectivity index (χ0v) is 6.65. The standard InChI is InChI=1S/C9H15O/c1-8-3-6-10-9(7-8)4-2-5-9/h2-7H2,1H3. The fourth-order valence-electron chi connectivity index (χ4n) is 2.02. The minimum absolute atomic E-state index is 0.336. The van der Waals surface area contributed by atoms with Crippen LogP contribution in [0, 0.1) is 5.92 Å². The van der Waals surface area contributed by atoms with Gasteiger partial charge in [0.25, 0.3) is 0 Å². The summed E-state index contributed by atoms with van der Waals surface area (Å²) in [5, 5.41) is 0. The average molecular weight is 139 g/mol. The maximum absolute atomic E-state index is 5.75. The van der Waals surface area contributed by atoms with Gasteiger partial charge in [-0.25, -0.2) is 0 Å². The Balaban J connectivity index is 1.96. The zero-order valence-electron chi connectivity index (χ0n) is 6.65. The summed E-state index contributed by atoms with van der Waals surface area (Å²) in [5.74, 6) is 1.64.